The molecule has 0 spiro atoms. The van der Waals surface area contributed by atoms with E-state index in [0.29, 0.717) is 5.95 Å². The van der Waals surface area contributed by atoms with Gasteiger partial charge in [-0.3, -0.25) is 4.99 Å². The van der Waals surface area contributed by atoms with Crippen LogP contribution in [0, 0.1) is 0 Å². The van der Waals surface area contributed by atoms with Gasteiger partial charge in [0.2, 0.25) is 5.95 Å². The Hall–Kier alpha value is -4.06. The summed E-state index contributed by atoms with van der Waals surface area (Å²) in [7, 11) is 2.03. The third kappa shape index (κ3) is 4.00. The maximum absolute atomic E-state index is 4.73. The number of nitrogens with zero attached hydrogens (tertiary/aromatic N) is 5. The number of hydrazone groups is 1. The zero-order valence-electron chi connectivity index (χ0n) is 17.1. The van der Waals surface area contributed by atoms with Gasteiger partial charge in [0.15, 0.2) is 0 Å². The molecule has 1 aliphatic heterocycles. The number of hydrogen-bond acceptors (Lipinski definition) is 6. The number of fused-ring (bicyclic) bond motifs is 1. The number of likely N-dealkylation sites (N-methyl/N-ethyl adjacent to an activating group) is 1. The second-order valence-electron chi connectivity index (χ2n) is 7.41. The molecule has 0 bridgehead atoms. The van der Waals surface area contributed by atoms with Crippen LogP contribution in [-0.4, -0.2) is 46.0 Å². The van der Waals surface area contributed by atoms with Crippen molar-refractivity contribution in [1.29, 1.82) is 0 Å². The van der Waals surface area contributed by atoms with E-state index in [-0.39, 0.29) is 12.1 Å². The van der Waals surface area contributed by atoms with Crippen LogP contribution in [0.2, 0.25) is 0 Å². The molecular formula is C25H22N6. The highest BCUT2D eigenvalue weighted by Crippen LogP contribution is 2.25. The molecule has 1 aliphatic carbocycles. The van der Waals surface area contributed by atoms with Crippen molar-refractivity contribution < 1.29 is 0 Å². The van der Waals surface area contributed by atoms with Crippen LogP contribution < -0.4 is 5.43 Å². The number of nitrogens with one attached hydrogen (secondary N) is 1. The standard InChI is InChI=1S/C25H22N6/c1-31-23-15-9-8-14-20(23)27-24(31)17-26-30-25-28-21(18-10-4-2-5-11-18)16-22(29-25)19-12-6-3-7-13-19/h2-17,20,23H,1H3,(H,28,29,30)/b26-17+/t20-,23+/m0/s1. The first kappa shape index (κ1) is 18.9. The molecule has 0 fully saturated rings. The Balaban J connectivity index is 1.43. The second kappa shape index (κ2) is 8.36. The Bertz CT molecular complexity index is 1120. The van der Waals surface area contributed by atoms with Crippen molar-refractivity contribution in [1.82, 2.24) is 14.9 Å². The zero-order valence-corrected chi connectivity index (χ0v) is 17.1. The lowest BCUT2D eigenvalue weighted by atomic mass is 10.0. The Morgan fingerprint density at radius 2 is 1.48 bits per heavy atom. The van der Waals surface area contributed by atoms with Crippen LogP contribution in [0.3, 0.4) is 0 Å². The summed E-state index contributed by atoms with van der Waals surface area (Å²) in [5.41, 5.74) is 6.72. The lowest BCUT2D eigenvalue weighted by Crippen LogP contribution is -2.35. The average Bonchev–Trinajstić information content (AvgIpc) is 3.15. The normalized spacial score (nSPS) is 19.5. The van der Waals surface area contributed by atoms with E-state index in [1.54, 1.807) is 6.21 Å². The number of hydrogen-bond donors (Lipinski definition) is 1. The predicted molar refractivity (Wildman–Crippen MR) is 126 cm³/mol. The molecule has 31 heavy (non-hydrogen) atoms. The topological polar surface area (TPSA) is 65.8 Å². The summed E-state index contributed by atoms with van der Waals surface area (Å²) >= 11 is 0. The summed E-state index contributed by atoms with van der Waals surface area (Å²) in [6.07, 6.45) is 10.1. The Morgan fingerprint density at radius 1 is 0.871 bits per heavy atom. The lowest BCUT2D eigenvalue weighted by molar-refractivity contribution is 0.440. The fourth-order valence-electron chi connectivity index (χ4n) is 3.74. The maximum Gasteiger partial charge on any atom is 0.244 e. The van der Waals surface area contributed by atoms with Crippen molar-refractivity contribution in [2.24, 2.45) is 10.1 Å². The number of allylic oxidation sites excluding steroid dienone is 2. The fraction of sp³-hybridized carbons (Fsp3) is 0.120. The smallest absolute Gasteiger partial charge is 0.244 e. The minimum Gasteiger partial charge on any atom is -0.350 e. The number of anilines is 1. The summed E-state index contributed by atoms with van der Waals surface area (Å²) in [6, 6.07) is 22.5. The van der Waals surface area contributed by atoms with E-state index >= 15 is 0 Å². The molecule has 152 valence electrons. The Labute approximate surface area is 181 Å². The van der Waals surface area contributed by atoms with Crippen LogP contribution in [0.15, 0.2) is 101 Å². The van der Waals surface area contributed by atoms with Crippen molar-refractivity contribution in [3.8, 4) is 22.5 Å². The van der Waals surface area contributed by atoms with Crippen molar-refractivity contribution in [3.05, 3.63) is 91.0 Å². The molecule has 0 saturated carbocycles. The third-order valence-electron chi connectivity index (χ3n) is 5.38. The molecule has 0 unspecified atom stereocenters. The maximum atomic E-state index is 4.73. The van der Waals surface area contributed by atoms with E-state index < -0.39 is 0 Å². The van der Waals surface area contributed by atoms with Gasteiger partial charge in [0.25, 0.3) is 0 Å². The Kier molecular flexibility index (Phi) is 5.10. The predicted octanol–water partition coefficient (Wildman–Crippen LogP) is 4.42. The van der Waals surface area contributed by atoms with E-state index in [1.165, 1.54) is 0 Å². The second-order valence-corrected chi connectivity index (χ2v) is 7.41. The molecular weight excluding hydrogens is 384 g/mol. The molecule has 2 heterocycles. The first-order valence-electron chi connectivity index (χ1n) is 10.2. The van der Waals surface area contributed by atoms with E-state index in [9.17, 15) is 0 Å². The summed E-state index contributed by atoms with van der Waals surface area (Å²) in [6.45, 7) is 0. The minimum absolute atomic E-state index is 0.138. The van der Waals surface area contributed by atoms with E-state index in [1.807, 2.05) is 79.9 Å². The number of benzene rings is 2. The molecule has 2 aliphatic rings. The zero-order chi connectivity index (χ0) is 21.0. The quantitative estimate of drug-likeness (QED) is 0.503. The van der Waals surface area contributed by atoms with Gasteiger partial charge in [0.1, 0.15) is 5.84 Å². The third-order valence-corrected chi connectivity index (χ3v) is 5.38. The molecule has 1 N–H and O–H groups in total. The highest BCUT2D eigenvalue weighted by Gasteiger charge is 2.30. The van der Waals surface area contributed by atoms with Gasteiger partial charge >= 0.3 is 0 Å². The molecule has 1 aromatic heterocycles. The van der Waals surface area contributed by atoms with Gasteiger partial charge in [-0.15, -0.1) is 0 Å². The highest BCUT2D eigenvalue weighted by molar-refractivity contribution is 6.30. The van der Waals surface area contributed by atoms with E-state index in [2.05, 4.69) is 43.6 Å². The summed E-state index contributed by atoms with van der Waals surface area (Å²) in [4.78, 5) is 16.2. The van der Waals surface area contributed by atoms with E-state index in [0.717, 1.165) is 28.4 Å². The van der Waals surface area contributed by atoms with Gasteiger partial charge in [-0.2, -0.15) is 5.10 Å². The van der Waals surface area contributed by atoms with Crippen molar-refractivity contribution in [3.63, 3.8) is 0 Å². The average molecular weight is 406 g/mol. The summed E-state index contributed by atoms with van der Waals surface area (Å²) in [5, 5.41) is 4.38. The van der Waals surface area contributed by atoms with Gasteiger partial charge < -0.3 is 4.90 Å². The Morgan fingerprint density at radius 3 is 2.10 bits per heavy atom. The van der Waals surface area contributed by atoms with Gasteiger partial charge in [0, 0.05) is 18.2 Å². The van der Waals surface area contributed by atoms with Crippen LogP contribution in [0.25, 0.3) is 22.5 Å². The SMILES string of the molecule is CN1C(/C=N/Nc2nc(-c3ccccc3)cc(-c3ccccc3)n2)=N[C@H]2C=CC=C[C@H]21. The first-order valence-corrected chi connectivity index (χ1v) is 10.2. The van der Waals surface area contributed by atoms with Gasteiger partial charge in [-0.1, -0.05) is 85.0 Å². The molecule has 2 aromatic carbocycles. The molecule has 5 rings (SSSR count). The molecule has 6 heteroatoms. The van der Waals surface area contributed by atoms with Crippen LogP contribution >= 0.6 is 0 Å². The van der Waals surface area contributed by atoms with Gasteiger partial charge in [0.05, 0.1) is 29.7 Å². The van der Waals surface area contributed by atoms with Crippen LogP contribution in [-0.2, 0) is 0 Å². The molecule has 2 atom stereocenters. The van der Waals surface area contributed by atoms with Crippen molar-refractivity contribution in [2.75, 3.05) is 12.5 Å². The number of aromatic nitrogens is 2. The number of amidine groups is 1. The summed E-state index contributed by atoms with van der Waals surface area (Å²) < 4.78 is 0. The summed E-state index contributed by atoms with van der Waals surface area (Å²) in [5.74, 6) is 1.26. The van der Waals surface area contributed by atoms with Crippen LogP contribution in [0.5, 0.6) is 0 Å². The molecule has 0 radical (unpaired) electrons. The molecule has 0 amide bonds. The van der Waals surface area contributed by atoms with Crippen LogP contribution in [0.4, 0.5) is 5.95 Å². The largest absolute Gasteiger partial charge is 0.350 e. The lowest BCUT2D eigenvalue weighted by Gasteiger charge is -2.22. The number of rotatable bonds is 5. The first-order chi connectivity index (χ1) is 15.3. The minimum atomic E-state index is 0.138. The molecule has 3 aromatic rings. The monoisotopic (exact) mass is 406 g/mol. The van der Waals surface area contributed by atoms with Crippen molar-refractivity contribution in [2.45, 2.75) is 12.1 Å². The highest BCUT2D eigenvalue weighted by atomic mass is 15.4. The van der Waals surface area contributed by atoms with Crippen molar-refractivity contribution >= 4 is 18.0 Å². The van der Waals surface area contributed by atoms with E-state index in [4.69, 9.17) is 4.99 Å². The van der Waals surface area contributed by atoms with Gasteiger partial charge in [-0.05, 0) is 6.07 Å². The molecule has 0 saturated heterocycles. The molecule has 6 nitrogen and oxygen atoms in total. The number of aliphatic imine (C=N–C) groups is 1. The fourth-order valence-corrected chi connectivity index (χ4v) is 3.74. The van der Waals surface area contributed by atoms with Gasteiger partial charge in [-0.25, -0.2) is 15.4 Å². The van der Waals surface area contributed by atoms with Crippen LogP contribution in [0.1, 0.15) is 0 Å².